The molecule has 2 N–H and O–H groups in total. The van der Waals surface area contributed by atoms with Crippen molar-refractivity contribution in [1.82, 2.24) is 0 Å². The van der Waals surface area contributed by atoms with Crippen molar-refractivity contribution in [2.75, 3.05) is 0 Å². The predicted molar refractivity (Wildman–Crippen MR) is 85.4 cm³/mol. The van der Waals surface area contributed by atoms with E-state index in [1.54, 1.807) is 18.2 Å². The third-order valence-electron chi connectivity index (χ3n) is 3.61. The highest BCUT2D eigenvalue weighted by atomic mass is 16.3. The van der Waals surface area contributed by atoms with E-state index < -0.39 is 0 Å². The van der Waals surface area contributed by atoms with Crippen molar-refractivity contribution >= 4 is 0 Å². The van der Waals surface area contributed by atoms with Gasteiger partial charge in [0.05, 0.1) is 0 Å². The van der Waals surface area contributed by atoms with Crippen LogP contribution in [-0.2, 0) is 0 Å². The molecule has 0 aromatic heterocycles. The van der Waals surface area contributed by atoms with E-state index in [4.69, 9.17) is 0 Å². The summed E-state index contributed by atoms with van der Waals surface area (Å²) in [6.45, 7) is 2.02. The van der Waals surface area contributed by atoms with Gasteiger partial charge in [-0.3, -0.25) is 0 Å². The Morgan fingerprint density at radius 2 is 1.24 bits per heavy atom. The van der Waals surface area contributed by atoms with Crippen LogP contribution in [0.2, 0.25) is 0 Å². The summed E-state index contributed by atoms with van der Waals surface area (Å²) in [5, 5.41) is 19.8. The molecule has 0 saturated carbocycles. The lowest BCUT2D eigenvalue weighted by Crippen LogP contribution is -1.90. The molecule has 104 valence electrons. The smallest absolute Gasteiger partial charge is 0.124 e. The monoisotopic (exact) mass is 276 g/mol. The number of rotatable bonds is 2. The molecule has 0 fully saturated rings. The van der Waals surface area contributed by atoms with E-state index >= 15 is 0 Å². The number of benzene rings is 3. The highest BCUT2D eigenvalue weighted by Gasteiger charge is 2.14. The molecule has 0 heterocycles. The van der Waals surface area contributed by atoms with Crippen LogP contribution in [0.4, 0.5) is 0 Å². The van der Waals surface area contributed by atoms with Gasteiger partial charge in [0.15, 0.2) is 0 Å². The van der Waals surface area contributed by atoms with E-state index in [1.165, 1.54) is 0 Å². The van der Waals surface area contributed by atoms with Gasteiger partial charge in [0, 0.05) is 5.56 Å². The van der Waals surface area contributed by atoms with Gasteiger partial charge >= 0.3 is 0 Å². The quantitative estimate of drug-likeness (QED) is 0.709. The normalized spacial score (nSPS) is 10.5. The Balaban J connectivity index is 2.29. The van der Waals surface area contributed by atoms with Gasteiger partial charge in [0.1, 0.15) is 11.5 Å². The van der Waals surface area contributed by atoms with Crippen LogP contribution in [0.25, 0.3) is 22.3 Å². The number of hydrogen-bond acceptors (Lipinski definition) is 2. The predicted octanol–water partition coefficient (Wildman–Crippen LogP) is 4.74. The Hall–Kier alpha value is -2.74. The zero-order valence-corrected chi connectivity index (χ0v) is 11.7. The van der Waals surface area contributed by atoms with Crippen LogP contribution in [0.1, 0.15) is 5.56 Å². The summed E-state index contributed by atoms with van der Waals surface area (Å²) in [4.78, 5) is 0. The minimum atomic E-state index is 0.234. The van der Waals surface area contributed by atoms with E-state index in [2.05, 4.69) is 0 Å². The van der Waals surface area contributed by atoms with Crippen LogP contribution in [0.3, 0.4) is 0 Å². The average Bonchev–Trinajstić information content (AvgIpc) is 2.51. The van der Waals surface area contributed by atoms with E-state index in [1.807, 2.05) is 55.5 Å². The van der Waals surface area contributed by atoms with Gasteiger partial charge in [0.25, 0.3) is 0 Å². The van der Waals surface area contributed by atoms with Crippen molar-refractivity contribution in [3.63, 3.8) is 0 Å². The lowest BCUT2D eigenvalue weighted by atomic mass is 9.90. The van der Waals surface area contributed by atoms with Crippen LogP contribution >= 0.6 is 0 Å². The summed E-state index contributed by atoms with van der Waals surface area (Å²) >= 11 is 0. The molecule has 2 nitrogen and oxygen atoms in total. The van der Waals surface area contributed by atoms with Crippen molar-refractivity contribution in [2.24, 2.45) is 0 Å². The molecular formula is C19H16O2. The van der Waals surface area contributed by atoms with Crippen molar-refractivity contribution in [3.8, 4) is 33.8 Å². The third-order valence-corrected chi connectivity index (χ3v) is 3.61. The fourth-order valence-electron chi connectivity index (χ4n) is 2.59. The highest BCUT2D eigenvalue weighted by molar-refractivity contribution is 5.89. The molecule has 0 atom stereocenters. The number of phenols is 2. The van der Waals surface area contributed by atoms with Gasteiger partial charge in [-0.25, -0.2) is 0 Å². The molecule has 0 amide bonds. The molecule has 3 rings (SSSR count). The molecular weight excluding hydrogens is 260 g/mol. The van der Waals surface area contributed by atoms with Crippen molar-refractivity contribution in [3.05, 3.63) is 72.3 Å². The van der Waals surface area contributed by atoms with Crippen LogP contribution in [0.15, 0.2) is 66.7 Å². The summed E-state index contributed by atoms with van der Waals surface area (Å²) in [6.07, 6.45) is 0. The van der Waals surface area contributed by atoms with Crippen LogP contribution in [-0.4, -0.2) is 10.2 Å². The average molecular weight is 276 g/mol. The maximum atomic E-state index is 10.3. The second kappa shape index (κ2) is 5.33. The van der Waals surface area contributed by atoms with Crippen LogP contribution in [0, 0.1) is 6.92 Å². The lowest BCUT2D eigenvalue weighted by molar-refractivity contribution is 0.475. The zero-order valence-electron chi connectivity index (χ0n) is 11.7. The molecule has 0 aliphatic heterocycles. The maximum absolute atomic E-state index is 10.3. The minimum absolute atomic E-state index is 0.234. The van der Waals surface area contributed by atoms with Gasteiger partial charge < -0.3 is 10.2 Å². The number of aryl methyl sites for hydroxylation is 1. The Morgan fingerprint density at radius 1 is 0.619 bits per heavy atom. The Morgan fingerprint density at radius 3 is 1.90 bits per heavy atom. The fraction of sp³-hybridized carbons (Fsp3) is 0.0526. The Labute approximate surface area is 123 Å². The Bertz CT molecular complexity index is 760. The lowest BCUT2D eigenvalue weighted by Gasteiger charge is -2.15. The zero-order chi connectivity index (χ0) is 14.8. The number of hydrogen-bond donors (Lipinski definition) is 2. The first kappa shape index (κ1) is 13.3. The molecule has 0 spiro atoms. The van der Waals surface area contributed by atoms with Crippen molar-refractivity contribution in [1.29, 1.82) is 0 Å². The van der Waals surface area contributed by atoms with E-state index in [-0.39, 0.29) is 11.5 Å². The van der Waals surface area contributed by atoms with Gasteiger partial charge in [-0.15, -0.1) is 0 Å². The van der Waals surface area contributed by atoms with Gasteiger partial charge in [-0.2, -0.15) is 0 Å². The van der Waals surface area contributed by atoms with Gasteiger partial charge in [-0.1, -0.05) is 48.5 Å². The summed E-state index contributed by atoms with van der Waals surface area (Å²) in [6, 6.07) is 20.5. The maximum Gasteiger partial charge on any atom is 0.124 e. The van der Waals surface area contributed by atoms with Crippen LogP contribution < -0.4 is 0 Å². The van der Waals surface area contributed by atoms with Crippen molar-refractivity contribution < 1.29 is 10.2 Å². The van der Waals surface area contributed by atoms with E-state index in [9.17, 15) is 10.2 Å². The topological polar surface area (TPSA) is 40.5 Å². The highest BCUT2D eigenvalue weighted by Crippen LogP contribution is 2.40. The molecule has 3 aromatic carbocycles. The van der Waals surface area contributed by atoms with E-state index in [0.29, 0.717) is 0 Å². The fourth-order valence-corrected chi connectivity index (χ4v) is 2.59. The number of phenolic OH excluding ortho intramolecular Hbond substituents is 2. The first-order valence-corrected chi connectivity index (χ1v) is 6.84. The standard InChI is InChI=1S/C19H16O2/c1-13-7-12-17(21)19(14-5-3-2-4-6-14)18(13)15-8-10-16(20)11-9-15/h2-12,20-21H,1H3. The summed E-state index contributed by atoms with van der Waals surface area (Å²) in [5.41, 5.74) is 4.83. The Kier molecular flexibility index (Phi) is 3.36. The van der Waals surface area contributed by atoms with Gasteiger partial charge in [-0.05, 0) is 47.4 Å². The summed E-state index contributed by atoms with van der Waals surface area (Å²) < 4.78 is 0. The third kappa shape index (κ3) is 2.48. The molecule has 0 unspecified atom stereocenters. The first-order valence-electron chi connectivity index (χ1n) is 6.84. The molecule has 21 heavy (non-hydrogen) atoms. The first-order chi connectivity index (χ1) is 10.2. The second-order valence-corrected chi connectivity index (χ2v) is 5.06. The largest absolute Gasteiger partial charge is 0.508 e. The van der Waals surface area contributed by atoms with E-state index in [0.717, 1.165) is 27.8 Å². The molecule has 0 saturated heterocycles. The van der Waals surface area contributed by atoms with Crippen molar-refractivity contribution in [2.45, 2.75) is 6.92 Å². The second-order valence-electron chi connectivity index (χ2n) is 5.06. The molecule has 0 aliphatic rings. The van der Waals surface area contributed by atoms with Gasteiger partial charge in [0.2, 0.25) is 0 Å². The number of aromatic hydroxyl groups is 2. The van der Waals surface area contributed by atoms with Crippen LogP contribution in [0.5, 0.6) is 11.5 Å². The molecule has 0 aliphatic carbocycles. The SMILES string of the molecule is Cc1ccc(O)c(-c2ccccc2)c1-c1ccc(O)cc1. The summed E-state index contributed by atoms with van der Waals surface area (Å²) in [7, 11) is 0. The molecule has 0 radical (unpaired) electrons. The molecule has 0 bridgehead atoms. The minimum Gasteiger partial charge on any atom is -0.508 e. The molecule has 2 heteroatoms. The summed E-state index contributed by atoms with van der Waals surface area (Å²) in [5.74, 6) is 0.493. The molecule has 3 aromatic rings.